The van der Waals surface area contributed by atoms with E-state index in [2.05, 4.69) is 21.0 Å². The van der Waals surface area contributed by atoms with Crippen molar-refractivity contribution in [3.63, 3.8) is 0 Å². The Balaban J connectivity index is 0. The van der Waals surface area contributed by atoms with Crippen molar-refractivity contribution in [2.75, 3.05) is 33.7 Å². The molecule has 0 radical (unpaired) electrons. The number of aliphatic hydroxyl groups excluding tert-OH is 1. The number of rotatable bonds is 21. The van der Waals surface area contributed by atoms with E-state index in [1.54, 1.807) is 0 Å². The molecule has 0 aromatic rings. The maximum absolute atomic E-state index is 9.34. The van der Waals surface area contributed by atoms with Crippen molar-refractivity contribution < 1.29 is 19.5 Å². The van der Waals surface area contributed by atoms with Crippen LogP contribution in [-0.4, -0.2) is 55.4 Å². The Morgan fingerprint density at radius 2 is 1.03 bits per heavy atom. The van der Waals surface area contributed by atoms with Gasteiger partial charge in [-0.15, -0.1) is 0 Å². The summed E-state index contributed by atoms with van der Waals surface area (Å²) in [6, 6.07) is 0. The van der Waals surface area contributed by atoms with E-state index in [-0.39, 0.29) is 0 Å². The summed E-state index contributed by atoms with van der Waals surface area (Å²) in [5, 5.41) is 17.3. The molecule has 0 aliphatic rings. The summed E-state index contributed by atoms with van der Waals surface area (Å²) in [5.41, 5.74) is 5.62. The lowest BCUT2D eigenvalue weighted by Gasteiger charge is -2.29. The zero-order valence-electron chi connectivity index (χ0n) is 21.5. The Labute approximate surface area is 194 Å². The van der Waals surface area contributed by atoms with E-state index in [1.807, 2.05) is 0 Å². The summed E-state index contributed by atoms with van der Waals surface area (Å²) in [6.45, 7) is 6.81. The smallest absolute Gasteiger partial charge is 0.0905 e. The summed E-state index contributed by atoms with van der Waals surface area (Å²) in [4.78, 5) is 9.34. The van der Waals surface area contributed by atoms with Crippen LogP contribution in [-0.2, 0) is 4.79 Å². The van der Waals surface area contributed by atoms with Gasteiger partial charge in [0.2, 0.25) is 0 Å². The zero-order valence-corrected chi connectivity index (χ0v) is 21.5. The highest BCUT2D eigenvalue weighted by molar-refractivity contribution is 5.68. The number of nitrogens with zero attached hydrogens (tertiary/aromatic N) is 1. The molecule has 0 rings (SSSR count). The molecule has 0 spiro atoms. The summed E-state index contributed by atoms with van der Waals surface area (Å²) >= 11 is 0. The summed E-state index contributed by atoms with van der Waals surface area (Å²) in [6.07, 6.45) is 23.0. The standard InChI is InChI=1S/C23H51N2.C3H6O3/c1-4-5-6-7-8-9-10-11-12-13-14-15-16-17-18-19-22-25(2,3)23-20-21-24;1-2(4)3(5)6/h4-24H2,1-3H3;2,4H,1H3,(H,5,6)/q+1;/p-1. The minimum atomic E-state index is -1.44. The lowest BCUT2D eigenvalue weighted by atomic mass is 10.0. The van der Waals surface area contributed by atoms with Gasteiger partial charge >= 0.3 is 0 Å². The summed E-state index contributed by atoms with van der Waals surface area (Å²) in [5.74, 6) is -1.44. The van der Waals surface area contributed by atoms with Crippen LogP contribution in [0.2, 0.25) is 0 Å². The second kappa shape index (κ2) is 24.0. The molecule has 5 heteroatoms. The van der Waals surface area contributed by atoms with Crippen molar-refractivity contribution in [3.05, 3.63) is 0 Å². The van der Waals surface area contributed by atoms with E-state index in [1.165, 1.54) is 116 Å². The number of carboxylic acids is 1. The molecule has 0 bridgehead atoms. The van der Waals surface area contributed by atoms with Gasteiger partial charge in [-0.3, -0.25) is 0 Å². The van der Waals surface area contributed by atoms with E-state index in [0.29, 0.717) is 0 Å². The first-order valence-corrected chi connectivity index (χ1v) is 13.2. The average Bonchev–Trinajstić information content (AvgIpc) is 2.72. The van der Waals surface area contributed by atoms with Gasteiger partial charge in [-0.1, -0.05) is 96.8 Å². The van der Waals surface area contributed by atoms with Crippen molar-refractivity contribution >= 4 is 5.97 Å². The lowest BCUT2D eigenvalue weighted by Crippen LogP contribution is -2.41. The molecule has 0 aromatic carbocycles. The number of hydrogen-bond donors (Lipinski definition) is 2. The minimum absolute atomic E-state index is 0.834. The molecule has 5 nitrogen and oxygen atoms in total. The Kier molecular flexibility index (Phi) is 25.2. The molecule has 0 saturated heterocycles. The van der Waals surface area contributed by atoms with Crippen molar-refractivity contribution in [2.45, 2.75) is 129 Å². The first kappa shape index (κ1) is 32.5. The number of quaternary nitrogens is 1. The molecule has 31 heavy (non-hydrogen) atoms. The van der Waals surface area contributed by atoms with E-state index < -0.39 is 12.1 Å². The third-order valence-corrected chi connectivity index (χ3v) is 5.93. The molecule has 1 atom stereocenters. The van der Waals surface area contributed by atoms with Crippen LogP contribution in [0.25, 0.3) is 0 Å². The second-order valence-corrected chi connectivity index (χ2v) is 9.82. The van der Waals surface area contributed by atoms with Crippen molar-refractivity contribution in [1.29, 1.82) is 0 Å². The van der Waals surface area contributed by atoms with E-state index in [0.717, 1.165) is 24.4 Å². The molecule has 0 saturated carbocycles. The van der Waals surface area contributed by atoms with E-state index in [9.17, 15) is 9.90 Å². The maximum Gasteiger partial charge on any atom is 0.0905 e. The first-order chi connectivity index (χ1) is 14.8. The predicted molar refractivity (Wildman–Crippen MR) is 132 cm³/mol. The van der Waals surface area contributed by atoms with Crippen LogP contribution in [0, 0.1) is 0 Å². The highest BCUT2D eigenvalue weighted by Gasteiger charge is 2.12. The average molecular weight is 445 g/mol. The van der Waals surface area contributed by atoms with Gasteiger partial charge in [-0.25, -0.2) is 0 Å². The van der Waals surface area contributed by atoms with E-state index >= 15 is 0 Å². The number of nitrogens with two attached hydrogens (primary N) is 1. The normalized spacial score (nSPS) is 12.3. The van der Waals surface area contributed by atoms with Gasteiger partial charge in [0.05, 0.1) is 39.3 Å². The van der Waals surface area contributed by atoms with Gasteiger partial charge in [-0.2, -0.15) is 0 Å². The number of carbonyl (C=O) groups is 1. The molecular formula is C26H56N2O3. The molecule has 0 aromatic heterocycles. The van der Waals surface area contributed by atoms with Gasteiger partial charge < -0.3 is 25.2 Å². The molecule has 0 amide bonds. The van der Waals surface area contributed by atoms with Crippen LogP contribution in [0.15, 0.2) is 0 Å². The van der Waals surface area contributed by atoms with E-state index in [4.69, 9.17) is 10.8 Å². The molecule has 1 unspecified atom stereocenters. The highest BCUT2D eigenvalue weighted by atomic mass is 16.4. The Hall–Kier alpha value is -0.650. The molecule has 0 fully saturated rings. The monoisotopic (exact) mass is 444 g/mol. The summed E-state index contributed by atoms with van der Waals surface area (Å²) in [7, 11) is 4.70. The first-order valence-electron chi connectivity index (χ1n) is 13.2. The molecule has 0 aliphatic heterocycles. The predicted octanol–water partition coefficient (Wildman–Crippen LogP) is 4.79. The highest BCUT2D eigenvalue weighted by Crippen LogP contribution is 2.14. The molecule has 188 valence electrons. The quantitative estimate of drug-likeness (QED) is 0.197. The van der Waals surface area contributed by atoms with Gasteiger partial charge in [0, 0.05) is 6.42 Å². The number of aliphatic hydroxyl groups is 1. The topological polar surface area (TPSA) is 86.4 Å². The van der Waals surface area contributed by atoms with Crippen molar-refractivity contribution in [2.24, 2.45) is 5.73 Å². The SMILES string of the molecule is CC(O)C(=O)[O-].CCCCCCCCCCCCCCCCCC[N+](C)(C)CCCN. The minimum Gasteiger partial charge on any atom is -0.547 e. The Bertz CT molecular complexity index is 374. The lowest BCUT2D eigenvalue weighted by molar-refractivity contribution is -0.890. The number of unbranched alkanes of at least 4 members (excludes halogenated alkanes) is 15. The number of carbonyl (C=O) groups excluding carboxylic acids is 1. The fourth-order valence-electron chi connectivity index (χ4n) is 3.72. The second-order valence-electron chi connectivity index (χ2n) is 9.82. The van der Waals surface area contributed by atoms with Crippen LogP contribution in [0.5, 0.6) is 0 Å². The number of carboxylic acid groups (broad SMARTS) is 1. The largest absolute Gasteiger partial charge is 0.547 e. The molecule has 0 aliphatic carbocycles. The maximum atomic E-state index is 9.34. The van der Waals surface area contributed by atoms with Crippen LogP contribution >= 0.6 is 0 Å². The van der Waals surface area contributed by atoms with Crippen molar-refractivity contribution in [1.82, 2.24) is 0 Å². The van der Waals surface area contributed by atoms with Gasteiger partial charge in [0.15, 0.2) is 0 Å². The van der Waals surface area contributed by atoms with Gasteiger partial charge in [0.1, 0.15) is 0 Å². The fourth-order valence-corrected chi connectivity index (χ4v) is 3.72. The van der Waals surface area contributed by atoms with Crippen LogP contribution < -0.4 is 10.8 Å². The van der Waals surface area contributed by atoms with Gasteiger partial charge in [0.25, 0.3) is 0 Å². The van der Waals surface area contributed by atoms with Crippen LogP contribution in [0.4, 0.5) is 0 Å². The van der Waals surface area contributed by atoms with Crippen molar-refractivity contribution in [3.8, 4) is 0 Å². The molecule has 3 N–H and O–H groups in total. The van der Waals surface area contributed by atoms with Crippen LogP contribution in [0.1, 0.15) is 123 Å². The third kappa shape index (κ3) is 29.4. The molecule has 0 heterocycles. The third-order valence-electron chi connectivity index (χ3n) is 5.93. The molecular weight excluding hydrogens is 388 g/mol. The summed E-state index contributed by atoms with van der Waals surface area (Å²) < 4.78 is 1.15. The van der Waals surface area contributed by atoms with Crippen LogP contribution in [0.3, 0.4) is 0 Å². The Morgan fingerprint density at radius 3 is 1.32 bits per heavy atom. The fraction of sp³-hybridized carbons (Fsp3) is 0.962. The Morgan fingerprint density at radius 1 is 0.742 bits per heavy atom. The number of aliphatic carboxylic acids is 1. The zero-order chi connectivity index (χ0) is 23.8. The number of hydrogen-bond acceptors (Lipinski definition) is 4. The van der Waals surface area contributed by atoms with Gasteiger partial charge in [-0.05, 0) is 26.3 Å².